The molecule has 0 radical (unpaired) electrons. The van der Waals surface area contributed by atoms with Gasteiger partial charge in [0.25, 0.3) is 0 Å². The minimum Gasteiger partial charge on any atom is -0.506 e. The van der Waals surface area contributed by atoms with Crippen LogP contribution in [0, 0.1) is 0 Å². The van der Waals surface area contributed by atoms with Crippen LogP contribution in [0.1, 0.15) is 25.5 Å². The summed E-state index contributed by atoms with van der Waals surface area (Å²) in [5.74, 6) is 0.288. The van der Waals surface area contributed by atoms with Gasteiger partial charge < -0.3 is 10.0 Å². The van der Waals surface area contributed by atoms with Crippen LogP contribution in [0.4, 0.5) is 0 Å². The van der Waals surface area contributed by atoms with Crippen molar-refractivity contribution in [3.63, 3.8) is 0 Å². The first-order valence-corrected chi connectivity index (χ1v) is 5.05. The molecule has 0 saturated heterocycles. The van der Waals surface area contributed by atoms with Crippen LogP contribution in [0.5, 0.6) is 5.75 Å². The van der Waals surface area contributed by atoms with E-state index >= 15 is 0 Å². The van der Waals surface area contributed by atoms with Gasteiger partial charge in [-0.25, -0.2) is 0 Å². The number of unbranched alkanes of at least 4 members (excludes halogenated alkanes) is 1. The lowest BCUT2D eigenvalue weighted by Crippen LogP contribution is -2.19. The average Bonchev–Trinajstić information content (AvgIpc) is 2.18. The van der Waals surface area contributed by atoms with Crippen molar-refractivity contribution in [3.8, 4) is 5.75 Å². The number of hydrogen-bond donors (Lipinski definition) is 1. The Labute approximate surface area is 85.4 Å². The molecule has 0 bridgehead atoms. The van der Waals surface area contributed by atoms with Crippen LogP contribution in [0.2, 0.25) is 0 Å². The van der Waals surface area contributed by atoms with Gasteiger partial charge in [0.1, 0.15) is 5.75 Å². The van der Waals surface area contributed by atoms with E-state index in [0.717, 1.165) is 12.2 Å². The lowest BCUT2D eigenvalue weighted by atomic mass is 10.3. The molecule has 0 unspecified atom stereocenters. The van der Waals surface area contributed by atoms with Crippen LogP contribution in [0.3, 0.4) is 0 Å². The zero-order valence-electron chi connectivity index (χ0n) is 8.90. The summed E-state index contributed by atoms with van der Waals surface area (Å²) in [6, 6.07) is 3.42. The SMILES string of the molecule is CCCCN(C)Cc1ncccc1O. The predicted octanol–water partition coefficient (Wildman–Crippen LogP) is 2.02. The van der Waals surface area contributed by atoms with Crippen LogP contribution < -0.4 is 0 Å². The molecule has 0 aliphatic heterocycles. The zero-order valence-corrected chi connectivity index (χ0v) is 8.90. The molecule has 1 heterocycles. The van der Waals surface area contributed by atoms with Crippen molar-refractivity contribution in [2.24, 2.45) is 0 Å². The van der Waals surface area contributed by atoms with Crippen molar-refractivity contribution in [2.45, 2.75) is 26.3 Å². The van der Waals surface area contributed by atoms with E-state index in [1.807, 2.05) is 7.05 Å². The first-order chi connectivity index (χ1) is 6.74. The standard InChI is InChI=1S/C11H18N2O/c1-3-4-8-13(2)9-10-11(14)6-5-7-12-10/h5-7,14H,3-4,8-9H2,1-2H3. The molecule has 1 aromatic heterocycles. The van der Waals surface area contributed by atoms with Crippen molar-refractivity contribution in [3.05, 3.63) is 24.0 Å². The van der Waals surface area contributed by atoms with E-state index in [9.17, 15) is 5.11 Å². The number of nitrogens with zero attached hydrogens (tertiary/aromatic N) is 2. The molecule has 0 amide bonds. The lowest BCUT2D eigenvalue weighted by molar-refractivity contribution is 0.310. The van der Waals surface area contributed by atoms with Crippen LogP contribution in [0.25, 0.3) is 0 Å². The molecule has 3 heteroatoms. The second kappa shape index (κ2) is 5.60. The quantitative estimate of drug-likeness (QED) is 0.779. The molecule has 0 atom stereocenters. The number of aromatic hydroxyl groups is 1. The Bertz CT molecular complexity index is 276. The van der Waals surface area contributed by atoms with Crippen LogP contribution in [-0.2, 0) is 6.54 Å². The second-order valence-corrected chi connectivity index (χ2v) is 3.56. The fourth-order valence-electron chi connectivity index (χ4n) is 1.31. The molecular formula is C11H18N2O. The van der Waals surface area contributed by atoms with E-state index in [0.29, 0.717) is 6.54 Å². The molecule has 0 spiro atoms. The van der Waals surface area contributed by atoms with Crippen molar-refractivity contribution >= 4 is 0 Å². The smallest absolute Gasteiger partial charge is 0.138 e. The van der Waals surface area contributed by atoms with Gasteiger partial charge in [-0.2, -0.15) is 0 Å². The Morgan fingerprint density at radius 1 is 1.50 bits per heavy atom. The Balaban J connectivity index is 2.47. The average molecular weight is 194 g/mol. The molecule has 1 aromatic rings. The van der Waals surface area contributed by atoms with E-state index in [-0.39, 0.29) is 5.75 Å². The van der Waals surface area contributed by atoms with E-state index < -0.39 is 0 Å². The summed E-state index contributed by atoms with van der Waals surface area (Å²) in [6.45, 7) is 3.94. The maximum Gasteiger partial charge on any atom is 0.138 e. The Morgan fingerprint density at radius 2 is 2.29 bits per heavy atom. The van der Waals surface area contributed by atoms with E-state index in [2.05, 4.69) is 16.8 Å². The van der Waals surface area contributed by atoms with Gasteiger partial charge in [0.05, 0.1) is 5.69 Å². The van der Waals surface area contributed by atoms with Gasteiger partial charge in [-0.05, 0) is 32.1 Å². The third-order valence-electron chi connectivity index (χ3n) is 2.18. The van der Waals surface area contributed by atoms with Gasteiger partial charge in [-0.15, -0.1) is 0 Å². The van der Waals surface area contributed by atoms with Crippen LogP contribution in [0.15, 0.2) is 18.3 Å². The number of aromatic nitrogens is 1. The first-order valence-electron chi connectivity index (χ1n) is 5.05. The summed E-state index contributed by atoms with van der Waals surface area (Å²) in [6.07, 6.45) is 4.09. The summed E-state index contributed by atoms with van der Waals surface area (Å²) in [4.78, 5) is 6.31. The topological polar surface area (TPSA) is 36.4 Å². The summed E-state index contributed by atoms with van der Waals surface area (Å²) < 4.78 is 0. The van der Waals surface area contributed by atoms with Crippen molar-refractivity contribution in [1.29, 1.82) is 0 Å². The molecule has 0 aliphatic rings. The summed E-state index contributed by atoms with van der Waals surface area (Å²) in [7, 11) is 2.05. The van der Waals surface area contributed by atoms with Crippen LogP contribution in [-0.4, -0.2) is 28.6 Å². The van der Waals surface area contributed by atoms with E-state index in [1.165, 1.54) is 12.8 Å². The van der Waals surface area contributed by atoms with Crippen molar-refractivity contribution in [1.82, 2.24) is 9.88 Å². The van der Waals surface area contributed by atoms with Gasteiger partial charge in [0, 0.05) is 12.7 Å². The molecule has 1 rings (SSSR count). The minimum absolute atomic E-state index is 0.288. The highest BCUT2D eigenvalue weighted by atomic mass is 16.3. The minimum atomic E-state index is 0.288. The monoisotopic (exact) mass is 194 g/mol. The maximum atomic E-state index is 9.50. The summed E-state index contributed by atoms with van der Waals surface area (Å²) in [5, 5.41) is 9.50. The third-order valence-corrected chi connectivity index (χ3v) is 2.18. The molecule has 1 N–H and O–H groups in total. The number of pyridine rings is 1. The van der Waals surface area contributed by atoms with E-state index in [4.69, 9.17) is 0 Å². The van der Waals surface area contributed by atoms with Gasteiger partial charge in [0.2, 0.25) is 0 Å². The highest BCUT2D eigenvalue weighted by Gasteiger charge is 2.04. The largest absolute Gasteiger partial charge is 0.506 e. The predicted molar refractivity (Wildman–Crippen MR) is 57.1 cm³/mol. The number of rotatable bonds is 5. The van der Waals surface area contributed by atoms with Crippen molar-refractivity contribution in [2.75, 3.05) is 13.6 Å². The van der Waals surface area contributed by atoms with Gasteiger partial charge in [-0.1, -0.05) is 13.3 Å². The Hall–Kier alpha value is -1.09. The first kappa shape index (κ1) is 11.0. The summed E-state index contributed by atoms with van der Waals surface area (Å²) >= 11 is 0. The highest BCUT2D eigenvalue weighted by molar-refractivity contribution is 5.24. The fourth-order valence-corrected chi connectivity index (χ4v) is 1.31. The van der Waals surface area contributed by atoms with Crippen molar-refractivity contribution < 1.29 is 5.11 Å². The third kappa shape index (κ3) is 3.34. The fraction of sp³-hybridized carbons (Fsp3) is 0.545. The van der Waals surface area contributed by atoms with Gasteiger partial charge >= 0.3 is 0 Å². The molecule has 14 heavy (non-hydrogen) atoms. The normalized spacial score (nSPS) is 10.8. The van der Waals surface area contributed by atoms with Crippen LogP contribution >= 0.6 is 0 Å². The molecule has 3 nitrogen and oxygen atoms in total. The highest BCUT2D eigenvalue weighted by Crippen LogP contribution is 2.14. The zero-order chi connectivity index (χ0) is 10.4. The van der Waals surface area contributed by atoms with E-state index in [1.54, 1.807) is 18.3 Å². The Kier molecular flexibility index (Phi) is 4.40. The van der Waals surface area contributed by atoms with Gasteiger partial charge in [-0.3, -0.25) is 4.98 Å². The summed E-state index contributed by atoms with van der Waals surface area (Å²) in [5.41, 5.74) is 0.756. The number of hydrogen-bond acceptors (Lipinski definition) is 3. The molecule has 0 aromatic carbocycles. The molecule has 0 aliphatic carbocycles. The molecule has 0 saturated carbocycles. The molecule has 78 valence electrons. The second-order valence-electron chi connectivity index (χ2n) is 3.56. The molecule has 0 fully saturated rings. The van der Waals surface area contributed by atoms with Gasteiger partial charge in [0.15, 0.2) is 0 Å². The maximum absolute atomic E-state index is 9.50. The molecular weight excluding hydrogens is 176 g/mol. The Morgan fingerprint density at radius 3 is 2.93 bits per heavy atom. The lowest BCUT2D eigenvalue weighted by Gasteiger charge is -2.15.